The molecule has 0 amide bonds. The highest BCUT2D eigenvalue weighted by Gasteiger charge is 2.59. The van der Waals surface area contributed by atoms with E-state index in [9.17, 15) is 4.39 Å². The maximum absolute atomic E-state index is 13.1. The lowest BCUT2D eigenvalue weighted by Gasteiger charge is -2.16. The van der Waals surface area contributed by atoms with Gasteiger partial charge in [0.2, 0.25) is 0 Å². The van der Waals surface area contributed by atoms with E-state index in [0.717, 1.165) is 12.0 Å². The predicted molar refractivity (Wildman–Crippen MR) is 55.4 cm³/mol. The first-order chi connectivity index (χ1) is 6.37. The third-order valence-electron chi connectivity index (χ3n) is 3.48. The minimum atomic E-state index is -0.245. The van der Waals surface area contributed by atoms with Crippen LogP contribution in [0.5, 0.6) is 0 Å². The third kappa shape index (κ3) is 1.17. The summed E-state index contributed by atoms with van der Waals surface area (Å²) in [6, 6.07) is 5.18. The highest BCUT2D eigenvalue weighted by Crippen LogP contribution is 2.60. The molecule has 1 unspecified atom stereocenters. The molecule has 1 aromatic carbocycles. The molecule has 0 bridgehead atoms. The fraction of sp³-hybridized carbons (Fsp3) is 0.500. The molecule has 14 heavy (non-hydrogen) atoms. The molecule has 1 saturated carbocycles. The van der Waals surface area contributed by atoms with E-state index in [-0.39, 0.29) is 16.8 Å². The maximum Gasteiger partial charge on any atom is 0.126 e. The van der Waals surface area contributed by atoms with Crippen LogP contribution in [0.4, 0.5) is 4.39 Å². The Morgan fingerprint density at radius 2 is 1.93 bits per heavy atom. The molecule has 0 aromatic heterocycles. The molecule has 2 N–H and O–H groups in total. The lowest BCUT2D eigenvalue weighted by molar-refractivity contribution is 0.508. The zero-order valence-corrected chi connectivity index (χ0v) is 8.89. The van der Waals surface area contributed by atoms with Crippen molar-refractivity contribution in [2.75, 3.05) is 0 Å². The molecule has 1 aliphatic carbocycles. The molecule has 0 aliphatic heterocycles. The van der Waals surface area contributed by atoms with Gasteiger partial charge in [-0.3, -0.25) is 0 Å². The standard InChI is InChI=1S/C12H16FN/c1-8-6-9(4-5-10(8)13)12(14)7-11(12,2)3/h4-6H,7,14H2,1-3H3. The lowest BCUT2D eigenvalue weighted by Crippen LogP contribution is -2.25. The van der Waals surface area contributed by atoms with Crippen LogP contribution < -0.4 is 5.73 Å². The second kappa shape index (κ2) is 2.57. The SMILES string of the molecule is Cc1cc(C2(N)CC2(C)C)ccc1F. The maximum atomic E-state index is 13.1. The van der Waals surface area contributed by atoms with Gasteiger partial charge in [0, 0.05) is 5.54 Å². The predicted octanol–water partition coefficient (Wildman–Crippen LogP) is 2.72. The van der Waals surface area contributed by atoms with Crippen molar-refractivity contribution in [2.45, 2.75) is 32.7 Å². The minimum absolute atomic E-state index is 0.150. The van der Waals surface area contributed by atoms with Crippen molar-refractivity contribution in [3.63, 3.8) is 0 Å². The number of rotatable bonds is 1. The summed E-state index contributed by atoms with van der Waals surface area (Å²) in [4.78, 5) is 0. The van der Waals surface area contributed by atoms with Gasteiger partial charge in [0.15, 0.2) is 0 Å². The first-order valence-corrected chi connectivity index (χ1v) is 4.92. The monoisotopic (exact) mass is 193 g/mol. The van der Waals surface area contributed by atoms with Crippen molar-refractivity contribution in [3.05, 3.63) is 35.1 Å². The molecule has 0 saturated heterocycles. The molecule has 0 spiro atoms. The largest absolute Gasteiger partial charge is 0.321 e. The van der Waals surface area contributed by atoms with E-state index < -0.39 is 0 Å². The molecular weight excluding hydrogens is 177 g/mol. The molecule has 1 fully saturated rings. The van der Waals surface area contributed by atoms with Crippen LogP contribution >= 0.6 is 0 Å². The summed E-state index contributed by atoms with van der Waals surface area (Å²) in [5, 5.41) is 0. The summed E-state index contributed by atoms with van der Waals surface area (Å²) in [5.41, 5.74) is 7.88. The second-order valence-corrected chi connectivity index (χ2v) is 5.00. The van der Waals surface area contributed by atoms with Crippen LogP contribution in [-0.2, 0) is 5.54 Å². The van der Waals surface area contributed by atoms with Crippen LogP contribution in [-0.4, -0.2) is 0 Å². The Kier molecular flexibility index (Phi) is 1.77. The number of aryl methyl sites for hydroxylation is 1. The van der Waals surface area contributed by atoms with Gasteiger partial charge in [-0.25, -0.2) is 4.39 Å². The Hall–Kier alpha value is -0.890. The summed E-state index contributed by atoms with van der Waals surface area (Å²) < 4.78 is 13.1. The second-order valence-electron chi connectivity index (χ2n) is 5.00. The number of hydrogen-bond donors (Lipinski definition) is 1. The van der Waals surface area contributed by atoms with Gasteiger partial charge >= 0.3 is 0 Å². The Morgan fingerprint density at radius 3 is 2.36 bits per heavy atom. The molecular formula is C12H16FN. The van der Waals surface area contributed by atoms with Gasteiger partial charge in [-0.05, 0) is 36.0 Å². The van der Waals surface area contributed by atoms with Gasteiger partial charge in [0.05, 0.1) is 0 Å². The van der Waals surface area contributed by atoms with Gasteiger partial charge in [0.1, 0.15) is 5.82 Å². The molecule has 2 rings (SSSR count). The normalized spacial score (nSPS) is 28.9. The van der Waals surface area contributed by atoms with Crippen LogP contribution in [0.2, 0.25) is 0 Å². The van der Waals surface area contributed by atoms with Crippen molar-refractivity contribution in [3.8, 4) is 0 Å². The van der Waals surface area contributed by atoms with E-state index in [1.54, 1.807) is 13.0 Å². The fourth-order valence-electron chi connectivity index (χ4n) is 2.07. The van der Waals surface area contributed by atoms with E-state index in [2.05, 4.69) is 13.8 Å². The van der Waals surface area contributed by atoms with E-state index in [4.69, 9.17) is 5.73 Å². The number of hydrogen-bond acceptors (Lipinski definition) is 1. The molecule has 2 heteroatoms. The van der Waals surface area contributed by atoms with E-state index >= 15 is 0 Å². The van der Waals surface area contributed by atoms with Gasteiger partial charge in [-0.1, -0.05) is 26.0 Å². The van der Waals surface area contributed by atoms with Gasteiger partial charge in [0.25, 0.3) is 0 Å². The number of halogens is 1. The molecule has 1 nitrogen and oxygen atoms in total. The average Bonchev–Trinajstić information content (AvgIpc) is 2.58. The summed E-state index contributed by atoms with van der Waals surface area (Å²) in [6.07, 6.45) is 0.977. The topological polar surface area (TPSA) is 26.0 Å². The van der Waals surface area contributed by atoms with E-state index in [0.29, 0.717) is 5.56 Å². The smallest absolute Gasteiger partial charge is 0.126 e. The lowest BCUT2D eigenvalue weighted by atomic mass is 9.96. The highest BCUT2D eigenvalue weighted by molar-refractivity contribution is 5.37. The molecule has 1 aromatic rings. The Labute approximate surface area is 84.1 Å². The van der Waals surface area contributed by atoms with Crippen molar-refractivity contribution < 1.29 is 4.39 Å². The van der Waals surface area contributed by atoms with Crippen LogP contribution in [0, 0.1) is 18.2 Å². The number of benzene rings is 1. The molecule has 1 atom stereocenters. The summed E-state index contributed by atoms with van der Waals surface area (Å²) >= 11 is 0. The molecule has 1 aliphatic rings. The van der Waals surface area contributed by atoms with E-state index in [1.807, 2.05) is 6.07 Å². The number of nitrogens with two attached hydrogens (primary N) is 1. The zero-order chi connectivity index (χ0) is 10.6. The van der Waals surface area contributed by atoms with E-state index in [1.165, 1.54) is 6.07 Å². The summed E-state index contributed by atoms with van der Waals surface area (Å²) in [6.45, 7) is 6.06. The molecule has 76 valence electrons. The van der Waals surface area contributed by atoms with Crippen LogP contribution in [0.3, 0.4) is 0 Å². The summed E-state index contributed by atoms with van der Waals surface area (Å²) in [5.74, 6) is -0.157. The fourth-order valence-corrected chi connectivity index (χ4v) is 2.07. The average molecular weight is 193 g/mol. The van der Waals surface area contributed by atoms with Gasteiger partial charge in [-0.15, -0.1) is 0 Å². The van der Waals surface area contributed by atoms with Gasteiger partial charge < -0.3 is 5.73 Å². The van der Waals surface area contributed by atoms with Crippen molar-refractivity contribution >= 4 is 0 Å². The highest BCUT2D eigenvalue weighted by atomic mass is 19.1. The van der Waals surface area contributed by atoms with Crippen molar-refractivity contribution in [1.29, 1.82) is 0 Å². The Balaban J connectivity index is 2.40. The van der Waals surface area contributed by atoms with Crippen LogP contribution in [0.15, 0.2) is 18.2 Å². The third-order valence-corrected chi connectivity index (χ3v) is 3.48. The van der Waals surface area contributed by atoms with Crippen LogP contribution in [0.25, 0.3) is 0 Å². The Bertz CT molecular complexity index is 384. The van der Waals surface area contributed by atoms with Gasteiger partial charge in [-0.2, -0.15) is 0 Å². The minimum Gasteiger partial charge on any atom is -0.321 e. The first kappa shape index (κ1) is 9.66. The van der Waals surface area contributed by atoms with Crippen molar-refractivity contribution in [1.82, 2.24) is 0 Å². The molecule has 0 heterocycles. The quantitative estimate of drug-likeness (QED) is 0.729. The molecule has 0 radical (unpaired) electrons. The summed E-state index contributed by atoms with van der Waals surface area (Å²) in [7, 11) is 0. The zero-order valence-electron chi connectivity index (χ0n) is 8.89. The Morgan fingerprint density at radius 1 is 1.36 bits per heavy atom. The van der Waals surface area contributed by atoms with Crippen LogP contribution in [0.1, 0.15) is 31.4 Å². The first-order valence-electron chi connectivity index (χ1n) is 4.92. The van der Waals surface area contributed by atoms with Crippen molar-refractivity contribution in [2.24, 2.45) is 11.1 Å².